The van der Waals surface area contributed by atoms with Crippen molar-refractivity contribution in [3.8, 4) is 22.9 Å². The Morgan fingerprint density at radius 3 is 2.43 bits per heavy atom. The van der Waals surface area contributed by atoms with Gasteiger partial charge in [-0.25, -0.2) is 0 Å². The van der Waals surface area contributed by atoms with Crippen molar-refractivity contribution in [1.82, 2.24) is 10.1 Å². The quantitative estimate of drug-likeness (QED) is 0.843. The normalized spacial score (nSPS) is 12.2. The largest absolute Gasteiger partial charge is 0.497 e. The molecule has 0 aliphatic carbocycles. The van der Waals surface area contributed by atoms with Crippen molar-refractivity contribution >= 4 is 0 Å². The Labute approximate surface area is 124 Å². The molecule has 2 aromatic rings. The maximum Gasteiger partial charge on any atom is 0.226 e. The highest BCUT2D eigenvalue weighted by Crippen LogP contribution is 2.28. The Kier molecular flexibility index (Phi) is 5.16. The van der Waals surface area contributed by atoms with Crippen molar-refractivity contribution in [2.24, 2.45) is 5.73 Å². The van der Waals surface area contributed by atoms with Crippen LogP contribution in [0.15, 0.2) is 22.7 Å². The standard InChI is InChI=1S/C15H21N3O3/c1-10(16)5-4-6-14-17-15(18-21-14)11-7-12(19-2)9-13(8-11)20-3/h7-10H,4-6,16H2,1-3H3. The highest BCUT2D eigenvalue weighted by Gasteiger charge is 2.11. The lowest BCUT2D eigenvalue weighted by Gasteiger charge is -2.05. The van der Waals surface area contributed by atoms with Gasteiger partial charge in [-0.1, -0.05) is 5.16 Å². The molecule has 6 nitrogen and oxygen atoms in total. The third-order valence-electron chi connectivity index (χ3n) is 3.13. The molecule has 0 aliphatic heterocycles. The highest BCUT2D eigenvalue weighted by molar-refractivity contribution is 5.60. The minimum Gasteiger partial charge on any atom is -0.497 e. The molecule has 0 bridgehead atoms. The van der Waals surface area contributed by atoms with Crippen LogP contribution in [0.1, 0.15) is 25.7 Å². The van der Waals surface area contributed by atoms with Crippen LogP contribution in [-0.4, -0.2) is 30.4 Å². The molecule has 0 spiro atoms. The Balaban J connectivity index is 2.13. The van der Waals surface area contributed by atoms with Gasteiger partial charge in [0.05, 0.1) is 14.2 Å². The number of aryl methyl sites for hydroxylation is 1. The number of ether oxygens (including phenoxy) is 2. The predicted molar refractivity (Wildman–Crippen MR) is 79.4 cm³/mol. The van der Waals surface area contributed by atoms with Crippen LogP contribution in [0.5, 0.6) is 11.5 Å². The molecule has 1 aromatic heterocycles. The fraction of sp³-hybridized carbons (Fsp3) is 0.467. The summed E-state index contributed by atoms with van der Waals surface area (Å²) in [6, 6.07) is 5.68. The van der Waals surface area contributed by atoms with E-state index in [1.54, 1.807) is 20.3 Å². The molecule has 2 rings (SSSR count). The van der Waals surface area contributed by atoms with Gasteiger partial charge in [0.15, 0.2) is 0 Å². The maximum atomic E-state index is 5.72. The van der Waals surface area contributed by atoms with Crippen LogP contribution in [0.4, 0.5) is 0 Å². The molecule has 21 heavy (non-hydrogen) atoms. The summed E-state index contributed by atoms with van der Waals surface area (Å²) >= 11 is 0. The van der Waals surface area contributed by atoms with Gasteiger partial charge in [-0.15, -0.1) is 0 Å². The first kappa shape index (κ1) is 15.3. The van der Waals surface area contributed by atoms with Gasteiger partial charge in [-0.3, -0.25) is 0 Å². The van der Waals surface area contributed by atoms with Gasteiger partial charge in [-0.2, -0.15) is 4.98 Å². The minimum absolute atomic E-state index is 0.190. The Bertz CT molecular complexity index is 559. The van der Waals surface area contributed by atoms with Crippen LogP contribution in [-0.2, 0) is 6.42 Å². The summed E-state index contributed by atoms with van der Waals surface area (Å²) in [6.07, 6.45) is 2.60. The topological polar surface area (TPSA) is 83.4 Å². The van der Waals surface area contributed by atoms with Crippen LogP contribution < -0.4 is 15.2 Å². The number of methoxy groups -OCH3 is 2. The van der Waals surface area contributed by atoms with E-state index in [1.165, 1.54) is 0 Å². The molecule has 0 amide bonds. The number of hydrogen-bond acceptors (Lipinski definition) is 6. The van der Waals surface area contributed by atoms with Gasteiger partial charge in [0.25, 0.3) is 0 Å². The fourth-order valence-electron chi connectivity index (χ4n) is 1.99. The molecule has 0 saturated heterocycles. The maximum absolute atomic E-state index is 5.72. The summed E-state index contributed by atoms with van der Waals surface area (Å²) in [5, 5.41) is 4.01. The summed E-state index contributed by atoms with van der Waals surface area (Å²) in [6.45, 7) is 1.99. The average Bonchev–Trinajstić information content (AvgIpc) is 2.95. The lowest BCUT2D eigenvalue weighted by molar-refractivity contribution is 0.373. The van der Waals surface area contributed by atoms with Crippen LogP contribution >= 0.6 is 0 Å². The Morgan fingerprint density at radius 1 is 1.19 bits per heavy atom. The molecule has 2 N–H and O–H groups in total. The second-order valence-electron chi connectivity index (χ2n) is 4.98. The van der Waals surface area contributed by atoms with Crippen LogP contribution in [0, 0.1) is 0 Å². The molecular formula is C15H21N3O3. The zero-order valence-electron chi connectivity index (χ0n) is 12.6. The summed E-state index contributed by atoms with van der Waals surface area (Å²) in [5.74, 6) is 2.52. The first-order chi connectivity index (χ1) is 10.1. The molecule has 6 heteroatoms. The summed E-state index contributed by atoms with van der Waals surface area (Å²) in [5.41, 5.74) is 6.52. The molecular weight excluding hydrogens is 270 g/mol. The van der Waals surface area contributed by atoms with E-state index < -0.39 is 0 Å². The van der Waals surface area contributed by atoms with E-state index in [1.807, 2.05) is 19.1 Å². The molecule has 0 saturated carbocycles. The summed E-state index contributed by atoms with van der Waals surface area (Å²) in [4.78, 5) is 4.40. The monoisotopic (exact) mass is 291 g/mol. The fourth-order valence-corrected chi connectivity index (χ4v) is 1.99. The summed E-state index contributed by atoms with van der Waals surface area (Å²) < 4.78 is 15.7. The highest BCUT2D eigenvalue weighted by atomic mass is 16.5. The zero-order valence-corrected chi connectivity index (χ0v) is 12.6. The van der Waals surface area contributed by atoms with E-state index >= 15 is 0 Å². The van der Waals surface area contributed by atoms with E-state index in [0.717, 1.165) is 24.8 Å². The molecule has 0 radical (unpaired) electrons. The second-order valence-corrected chi connectivity index (χ2v) is 4.98. The van der Waals surface area contributed by atoms with Crippen molar-refractivity contribution in [2.75, 3.05) is 14.2 Å². The SMILES string of the molecule is COc1cc(OC)cc(-c2noc(CCCC(C)N)n2)c1. The minimum atomic E-state index is 0.190. The Morgan fingerprint density at radius 2 is 1.86 bits per heavy atom. The number of nitrogens with two attached hydrogens (primary N) is 1. The predicted octanol–water partition coefficient (Wildman–Crippen LogP) is 2.42. The van der Waals surface area contributed by atoms with E-state index in [4.69, 9.17) is 19.7 Å². The van der Waals surface area contributed by atoms with Crippen LogP contribution in [0.2, 0.25) is 0 Å². The van der Waals surface area contributed by atoms with Gasteiger partial charge in [-0.05, 0) is 31.9 Å². The molecule has 114 valence electrons. The van der Waals surface area contributed by atoms with E-state index in [0.29, 0.717) is 23.2 Å². The first-order valence-electron chi connectivity index (χ1n) is 6.94. The number of hydrogen-bond donors (Lipinski definition) is 1. The molecule has 0 fully saturated rings. The van der Waals surface area contributed by atoms with Gasteiger partial charge < -0.3 is 19.7 Å². The molecule has 1 atom stereocenters. The molecule has 1 heterocycles. The number of aromatic nitrogens is 2. The number of nitrogens with zero attached hydrogens (tertiary/aromatic N) is 2. The van der Waals surface area contributed by atoms with Crippen molar-refractivity contribution < 1.29 is 14.0 Å². The van der Waals surface area contributed by atoms with Crippen molar-refractivity contribution in [1.29, 1.82) is 0 Å². The van der Waals surface area contributed by atoms with Gasteiger partial charge >= 0.3 is 0 Å². The van der Waals surface area contributed by atoms with Crippen LogP contribution in [0.25, 0.3) is 11.4 Å². The lowest BCUT2D eigenvalue weighted by Crippen LogP contribution is -2.14. The zero-order chi connectivity index (χ0) is 15.2. The molecule has 0 aliphatic rings. The average molecular weight is 291 g/mol. The molecule has 1 unspecified atom stereocenters. The van der Waals surface area contributed by atoms with E-state index in [2.05, 4.69) is 10.1 Å². The van der Waals surface area contributed by atoms with Crippen molar-refractivity contribution in [3.05, 3.63) is 24.1 Å². The number of benzene rings is 1. The molecule has 1 aromatic carbocycles. The Hall–Kier alpha value is -2.08. The first-order valence-corrected chi connectivity index (χ1v) is 6.94. The van der Waals surface area contributed by atoms with E-state index in [9.17, 15) is 0 Å². The van der Waals surface area contributed by atoms with Gasteiger partial charge in [0.1, 0.15) is 11.5 Å². The third-order valence-corrected chi connectivity index (χ3v) is 3.13. The van der Waals surface area contributed by atoms with E-state index in [-0.39, 0.29) is 6.04 Å². The van der Waals surface area contributed by atoms with Gasteiger partial charge in [0.2, 0.25) is 11.7 Å². The second kappa shape index (κ2) is 7.08. The van der Waals surface area contributed by atoms with Crippen molar-refractivity contribution in [2.45, 2.75) is 32.2 Å². The van der Waals surface area contributed by atoms with Crippen LogP contribution in [0.3, 0.4) is 0 Å². The number of rotatable bonds is 7. The van der Waals surface area contributed by atoms with Crippen molar-refractivity contribution in [3.63, 3.8) is 0 Å². The smallest absolute Gasteiger partial charge is 0.226 e. The summed E-state index contributed by atoms with van der Waals surface area (Å²) in [7, 11) is 3.21. The van der Waals surface area contributed by atoms with Gasteiger partial charge in [0, 0.05) is 24.1 Å². The lowest BCUT2D eigenvalue weighted by atomic mass is 10.1. The third kappa shape index (κ3) is 4.19.